The van der Waals surface area contributed by atoms with Gasteiger partial charge in [0.2, 0.25) is 0 Å². The van der Waals surface area contributed by atoms with Crippen LogP contribution in [0.2, 0.25) is 5.02 Å². The van der Waals surface area contributed by atoms with Gasteiger partial charge in [0.25, 0.3) is 11.8 Å². The number of aromatic hydroxyl groups is 1. The zero-order chi connectivity index (χ0) is 24.5. The average Bonchev–Trinajstić information content (AvgIpc) is 2.82. The monoisotopic (exact) mass is 488 g/mol. The number of carbonyl (C=O) groups excluding carboxylic acids is 3. The van der Waals surface area contributed by atoms with Gasteiger partial charge in [-0.1, -0.05) is 11.6 Å². The summed E-state index contributed by atoms with van der Waals surface area (Å²) in [5, 5.41) is 15.5. The summed E-state index contributed by atoms with van der Waals surface area (Å²) in [4.78, 5) is 36.3. The lowest BCUT2D eigenvalue weighted by Gasteiger charge is -2.27. The highest BCUT2D eigenvalue weighted by Crippen LogP contribution is 2.28. The molecule has 0 saturated heterocycles. The summed E-state index contributed by atoms with van der Waals surface area (Å²) in [6.45, 7) is 2.63. The van der Waals surface area contributed by atoms with Gasteiger partial charge in [-0.25, -0.2) is 0 Å². The van der Waals surface area contributed by atoms with Crippen molar-refractivity contribution < 1.29 is 29.0 Å². The Balaban J connectivity index is 1.38. The number of rotatable bonds is 9. The van der Waals surface area contributed by atoms with Gasteiger partial charge < -0.3 is 25.2 Å². The molecule has 1 aliphatic carbocycles. The molecule has 34 heavy (non-hydrogen) atoms. The molecule has 1 saturated carbocycles. The standard InChI is InChI=1S/C25H29ClN2O6/c1-2-33-25(32)17-5-10-20(11-6-17)34-19-8-3-16(4-9-19)23(30)27-13-14-28-24(31)21-12-7-18(26)15-22(21)29/h3-4,7-9,12,15,17,20,29H,2,5-6,10-11,13-14H2,1H3,(H,27,30)(H,28,31)/t17-,20+. The second kappa shape index (κ2) is 12.3. The van der Waals surface area contributed by atoms with Crippen LogP contribution in [0.1, 0.15) is 53.3 Å². The maximum Gasteiger partial charge on any atom is 0.308 e. The number of phenolic OH excluding ortho intramolecular Hbond substituents is 1. The summed E-state index contributed by atoms with van der Waals surface area (Å²) in [7, 11) is 0. The predicted octanol–water partition coefficient (Wildman–Crippen LogP) is 3.71. The van der Waals surface area contributed by atoms with Crippen molar-refractivity contribution in [3.8, 4) is 11.5 Å². The van der Waals surface area contributed by atoms with E-state index in [1.165, 1.54) is 18.2 Å². The molecule has 1 aliphatic rings. The summed E-state index contributed by atoms with van der Waals surface area (Å²) in [5.74, 6) is -0.438. The van der Waals surface area contributed by atoms with Gasteiger partial charge in [0.1, 0.15) is 11.5 Å². The Bertz CT molecular complexity index is 1000. The molecule has 2 amide bonds. The van der Waals surface area contributed by atoms with Crippen molar-refractivity contribution in [1.82, 2.24) is 10.6 Å². The van der Waals surface area contributed by atoms with Crippen molar-refractivity contribution in [3.05, 3.63) is 58.6 Å². The fourth-order valence-electron chi connectivity index (χ4n) is 3.80. The number of hydrogen-bond donors (Lipinski definition) is 3. The maximum absolute atomic E-state index is 12.3. The summed E-state index contributed by atoms with van der Waals surface area (Å²) < 4.78 is 11.1. The van der Waals surface area contributed by atoms with Gasteiger partial charge in [0.05, 0.1) is 24.2 Å². The minimum atomic E-state index is -0.457. The van der Waals surface area contributed by atoms with Gasteiger partial charge in [0.15, 0.2) is 0 Å². The normalized spacial score (nSPS) is 17.5. The van der Waals surface area contributed by atoms with E-state index < -0.39 is 5.91 Å². The average molecular weight is 489 g/mol. The third kappa shape index (κ3) is 7.12. The molecular weight excluding hydrogens is 460 g/mol. The predicted molar refractivity (Wildman–Crippen MR) is 127 cm³/mol. The number of benzene rings is 2. The Morgan fingerprint density at radius 3 is 2.24 bits per heavy atom. The summed E-state index contributed by atoms with van der Waals surface area (Å²) in [5.41, 5.74) is 0.584. The molecular formula is C25H29ClN2O6. The van der Waals surface area contributed by atoms with Crippen LogP contribution < -0.4 is 15.4 Å². The highest BCUT2D eigenvalue weighted by atomic mass is 35.5. The first kappa shape index (κ1) is 25.4. The van der Waals surface area contributed by atoms with E-state index in [1.807, 2.05) is 6.92 Å². The number of esters is 1. The highest BCUT2D eigenvalue weighted by molar-refractivity contribution is 6.30. The second-order valence-corrected chi connectivity index (χ2v) is 8.48. The Labute approximate surface area is 203 Å². The van der Waals surface area contributed by atoms with E-state index in [0.29, 0.717) is 22.9 Å². The van der Waals surface area contributed by atoms with Crippen molar-refractivity contribution in [1.29, 1.82) is 0 Å². The third-order valence-electron chi connectivity index (χ3n) is 5.61. The highest BCUT2D eigenvalue weighted by Gasteiger charge is 2.28. The molecule has 0 aromatic heterocycles. The Kier molecular flexibility index (Phi) is 9.16. The van der Waals surface area contributed by atoms with Crippen LogP contribution in [-0.4, -0.2) is 48.7 Å². The first-order valence-electron chi connectivity index (χ1n) is 11.4. The largest absolute Gasteiger partial charge is 0.507 e. The molecule has 0 aliphatic heterocycles. The molecule has 182 valence electrons. The lowest BCUT2D eigenvalue weighted by molar-refractivity contribution is -0.149. The molecule has 2 aromatic carbocycles. The number of halogens is 1. The van der Waals surface area contributed by atoms with Crippen molar-refractivity contribution in [3.63, 3.8) is 0 Å². The van der Waals surface area contributed by atoms with Gasteiger partial charge in [0, 0.05) is 23.7 Å². The van der Waals surface area contributed by atoms with E-state index >= 15 is 0 Å². The Hall–Kier alpha value is -3.26. The molecule has 0 radical (unpaired) electrons. The van der Waals surface area contributed by atoms with Gasteiger partial charge in [-0.15, -0.1) is 0 Å². The number of carbonyl (C=O) groups is 3. The molecule has 2 aromatic rings. The molecule has 1 fully saturated rings. The van der Waals surface area contributed by atoms with Crippen molar-refractivity contribution in [2.24, 2.45) is 5.92 Å². The minimum Gasteiger partial charge on any atom is -0.507 e. The Morgan fingerprint density at radius 1 is 0.971 bits per heavy atom. The molecule has 0 spiro atoms. The number of ether oxygens (including phenoxy) is 2. The minimum absolute atomic E-state index is 0.0361. The van der Waals surface area contributed by atoms with Crippen molar-refractivity contribution in [2.45, 2.75) is 38.7 Å². The van der Waals surface area contributed by atoms with E-state index in [0.717, 1.165) is 25.7 Å². The molecule has 0 heterocycles. The number of nitrogens with one attached hydrogen (secondary N) is 2. The van der Waals surface area contributed by atoms with Crippen molar-refractivity contribution >= 4 is 29.4 Å². The number of hydrogen-bond acceptors (Lipinski definition) is 6. The molecule has 0 unspecified atom stereocenters. The number of amides is 2. The van der Waals surface area contributed by atoms with E-state index in [2.05, 4.69) is 10.6 Å². The molecule has 8 nitrogen and oxygen atoms in total. The van der Waals surface area contributed by atoms with Crippen LogP contribution in [0, 0.1) is 5.92 Å². The quantitative estimate of drug-likeness (QED) is 0.366. The van der Waals surface area contributed by atoms with Gasteiger partial charge in [-0.3, -0.25) is 14.4 Å². The van der Waals surface area contributed by atoms with Crippen LogP contribution in [-0.2, 0) is 9.53 Å². The molecule has 0 bridgehead atoms. The van der Waals surface area contributed by atoms with Crippen LogP contribution in [0.3, 0.4) is 0 Å². The zero-order valence-corrected chi connectivity index (χ0v) is 19.8. The van der Waals surface area contributed by atoms with Crippen LogP contribution in [0.5, 0.6) is 11.5 Å². The first-order chi connectivity index (χ1) is 16.4. The first-order valence-corrected chi connectivity index (χ1v) is 11.7. The van der Waals surface area contributed by atoms with Crippen LogP contribution in [0.4, 0.5) is 0 Å². The summed E-state index contributed by atoms with van der Waals surface area (Å²) in [6.07, 6.45) is 3.10. The van der Waals surface area contributed by atoms with Crippen LogP contribution >= 0.6 is 11.6 Å². The van der Waals surface area contributed by atoms with Crippen LogP contribution in [0.25, 0.3) is 0 Å². The topological polar surface area (TPSA) is 114 Å². The van der Waals surface area contributed by atoms with E-state index in [4.69, 9.17) is 21.1 Å². The molecule has 0 atom stereocenters. The van der Waals surface area contributed by atoms with Gasteiger partial charge in [-0.2, -0.15) is 0 Å². The number of phenols is 1. The van der Waals surface area contributed by atoms with Crippen LogP contribution in [0.15, 0.2) is 42.5 Å². The lowest BCUT2D eigenvalue weighted by atomic mass is 9.87. The SMILES string of the molecule is CCOC(=O)[C@H]1CC[C@@H](Oc2ccc(C(=O)NCCNC(=O)c3ccc(Cl)cc3O)cc2)CC1. The van der Waals surface area contributed by atoms with Gasteiger partial charge >= 0.3 is 5.97 Å². The maximum atomic E-state index is 12.3. The van der Waals surface area contributed by atoms with Crippen molar-refractivity contribution in [2.75, 3.05) is 19.7 Å². The lowest BCUT2D eigenvalue weighted by Crippen LogP contribution is -2.34. The van der Waals surface area contributed by atoms with E-state index in [1.54, 1.807) is 24.3 Å². The fraction of sp³-hybridized carbons (Fsp3) is 0.400. The third-order valence-corrected chi connectivity index (χ3v) is 5.85. The second-order valence-electron chi connectivity index (χ2n) is 8.04. The van der Waals surface area contributed by atoms with E-state index in [-0.39, 0.29) is 48.3 Å². The molecule has 3 rings (SSSR count). The molecule has 9 heteroatoms. The fourth-order valence-corrected chi connectivity index (χ4v) is 3.97. The Morgan fingerprint density at radius 2 is 1.62 bits per heavy atom. The smallest absolute Gasteiger partial charge is 0.308 e. The molecule has 3 N–H and O–H groups in total. The summed E-state index contributed by atoms with van der Waals surface area (Å²) >= 11 is 5.76. The summed E-state index contributed by atoms with van der Waals surface area (Å²) in [6, 6.07) is 11.1. The van der Waals surface area contributed by atoms with Gasteiger partial charge in [-0.05, 0) is 75.1 Å². The zero-order valence-electron chi connectivity index (χ0n) is 19.0. The van der Waals surface area contributed by atoms with E-state index in [9.17, 15) is 19.5 Å².